The van der Waals surface area contributed by atoms with Crippen LogP contribution in [-0.4, -0.2) is 39.2 Å². The lowest BCUT2D eigenvalue weighted by Crippen LogP contribution is -2.48. The normalized spacial score (nSPS) is 29.8. The van der Waals surface area contributed by atoms with E-state index in [-0.39, 0.29) is 4.57 Å². The minimum absolute atomic E-state index is 0.105. The maximum absolute atomic E-state index is 14.3. The molecule has 5 nitrogen and oxygen atoms in total. The lowest BCUT2D eigenvalue weighted by Gasteiger charge is -2.28. The number of hydrogen-bond donors (Lipinski definition) is 2. The first kappa shape index (κ1) is 16.0. The lowest BCUT2D eigenvalue weighted by atomic mass is 9.99. The molecular weight excluding hydrogens is 323 g/mol. The van der Waals surface area contributed by atoms with E-state index in [9.17, 15) is 26.7 Å². The number of nitrogens with zero attached hydrogens (tertiary/aromatic N) is 1. The van der Waals surface area contributed by atoms with Crippen LogP contribution in [0.15, 0.2) is 11.0 Å². The molecule has 0 aromatic carbocycles. The summed E-state index contributed by atoms with van der Waals surface area (Å²) in [5.41, 5.74) is -5.19. The van der Waals surface area contributed by atoms with Gasteiger partial charge in [0.05, 0.1) is 18.9 Å². The van der Waals surface area contributed by atoms with Crippen LogP contribution in [0.25, 0.3) is 0 Å². The largest absolute Gasteiger partial charge is 0.427 e. The second-order valence-electron chi connectivity index (χ2n) is 4.50. The highest BCUT2D eigenvalue weighted by molar-refractivity contribution is 7.71. The number of halogens is 5. The topological polar surface area (TPSA) is 67.2 Å². The average Bonchev–Trinajstić information content (AvgIpc) is 2.72. The fourth-order valence-electron chi connectivity index (χ4n) is 2.05. The summed E-state index contributed by atoms with van der Waals surface area (Å²) >= 11 is 4.41. The predicted molar refractivity (Wildman–Crippen MR) is 61.4 cm³/mol. The van der Waals surface area contributed by atoms with Crippen molar-refractivity contribution in [3.05, 3.63) is 27.1 Å². The molecule has 1 aromatic heterocycles. The van der Waals surface area contributed by atoms with Gasteiger partial charge in [0, 0.05) is 6.42 Å². The smallest absolute Gasteiger partial charge is 0.394 e. The van der Waals surface area contributed by atoms with Gasteiger partial charge in [-0.25, -0.2) is 13.6 Å². The molecule has 1 aromatic rings. The van der Waals surface area contributed by atoms with Crippen molar-refractivity contribution in [2.45, 2.75) is 30.6 Å². The zero-order valence-corrected chi connectivity index (χ0v) is 11.0. The summed E-state index contributed by atoms with van der Waals surface area (Å²) < 4.78 is 70.6. The van der Waals surface area contributed by atoms with Gasteiger partial charge in [-0.3, -0.25) is 9.55 Å². The second-order valence-corrected chi connectivity index (χ2v) is 4.91. The van der Waals surface area contributed by atoms with Crippen molar-refractivity contribution in [2.75, 3.05) is 6.61 Å². The summed E-state index contributed by atoms with van der Waals surface area (Å²) in [6.45, 7) is -0.877. The Labute approximate surface area is 119 Å². The van der Waals surface area contributed by atoms with Gasteiger partial charge >= 0.3 is 11.9 Å². The zero-order valence-electron chi connectivity index (χ0n) is 10.2. The summed E-state index contributed by atoms with van der Waals surface area (Å²) in [6.07, 6.45) is -10.2. The first-order valence-corrected chi connectivity index (χ1v) is 6.04. The van der Waals surface area contributed by atoms with E-state index in [2.05, 4.69) is 12.2 Å². The van der Waals surface area contributed by atoms with Crippen molar-refractivity contribution in [3.8, 4) is 0 Å². The van der Waals surface area contributed by atoms with Crippen LogP contribution in [0, 0.1) is 10.5 Å². The number of rotatable bonds is 2. The van der Waals surface area contributed by atoms with Crippen molar-refractivity contribution >= 4 is 12.2 Å². The highest BCUT2D eigenvalue weighted by Crippen LogP contribution is 2.50. The van der Waals surface area contributed by atoms with E-state index in [0.29, 0.717) is 6.20 Å². The van der Waals surface area contributed by atoms with Crippen LogP contribution in [0.4, 0.5) is 22.0 Å². The maximum atomic E-state index is 14.3. The molecule has 1 saturated heterocycles. The Morgan fingerprint density at radius 2 is 2.19 bits per heavy atom. The molecule has 0 bridgehead atoms. The Morgan fingerprint density at radius 3 is 2.71 bits per heavy atom. The van der Waals surface area contributed by atoms with E-state index >= 15 is 0 Å². The van der Waals surface area contributed by atoms with Gasteiger partial charge in [-0.15, -0.1) is 0 Å². The average molecular weight is 332 g/mol. The monoisotopic (exact) mass is 332 g/mol. The SMILES string of the molecule is O=c1[nH]c(=S)c(F)cn1[C@@H]1O[C@H](CO)CC1(F)C(F)(F)F. The number of alkyl halides is 4. The number of aliphatic hydroxyl groups excluding tert-OH is 1. The van der Waals surface area contributed by atoms with Gasteiger partial charge in [-0.1, -0.05) is 12.2 Å². The quantitative estimate of drug-likeness (QED) is 0.638. The Bertz CT molecular complexity index is 657. The fourth-order valence-corrected chi connectivity index (χ4v) is 2.19. The summed E-state index contributed by atoms with van der Waals surface area (Å²) in [4.78, 5) is 13.4. The molecule has 3 atom stereocenters. The number of aliphatic hydroxyl groups is 1. The molecule has 2 rings (SSSR count). The maximum Gasteiger partial charge on any atom is 0.427 e. The van der Waals surface area contributed by atoms with Crippen LogP contribution in [0.1, 0.15) is 12.6 Å². The Hall–Kier alpha value is -1.33. The van der Waals surface area contributed by atoms with Crippen LogP contribution < -0.4 is 5.69 Å². The minimum atomic E-state index is -5.37. The van der Waals surface area contributed by atoms with Gasteiger partial charge in [0.15, 0.2) is 12.0 Å². The van der Waals surface area contributed by atoms with E-state index in [4.69, 9.17) is 9.84 Å². The molecule has 11 heteroatoms. The van der Waals surface area contributed by atoms with Crippen molar-refractivity contribution in [1.29, 1.82) is 0 Å². The van der Waals surface area contributed by atoms with Gasteiger partial charge in [-0.05, 0) is 0 Å². The first-order valence-electron chi connectivity index (χ1n) is 5.63. The van der Waals surface area contributed by atoms with E-state index in [1.165, 1.54) is 0 Å². The van der Waals surface area contributed by atoms with Gasteiger partial charge in [0.2, 0.25) is 0 Å². The van der Waals surface area contributed by atoms with Crippen molar-refractivity contribution in [1.82, 2.24) is 9.55 Å². The summed E-state index contributed by atoms with van der Waals surface area (Å²) in [5.74, 6) is -1.20. The van der Waals surface area contributed by atoms with Crippen molar-refractivity contribution in [3.63, 3.8) is 0 Å². The van der Waals surface area contributed by atoms with E-state index in [1.54, 1.807) is 4.98 Å². The van der Waals surface area contributed by atoms with Crippen molar-refractivity contribution < 1.29 is 31.8 Å². The molecule has 21 heavy (non-hydrogen) atoms. The van der Waals surface area contributed by atoms with Gasteiger partial charge in [0.25, 0.3) is 5.67 Å². The number of ether oxygens (including phenoxy) is 1. The third-order valence-electron chi connectivity index (χ3n) is 3.09. The molecule has 1 aliphatic heterocycles. The molecule has 0 amide bonds. The summed E-state index contributed by atoms with van der Waals surface area (Å²) in [7, 11) is 0. The third-order valence-corrected chi connectivity index (χ3v) is 3.39. The van der Waals surface area contributed by atoms with E-state index in [1.807, 2.05) is 0 Å². The Kier molecular flexibility index (Phi) is 3.93. The van der Waals surface area contributed by atoms with Crippen molar-refractivity contribution in [2.24, 2.45) is 0 Å². The summed E-state index contributed by atoms with van der Waals surface area (Å²) in [5, 5.41) is 8.85. The van der Waals surface area contributed by atoms with Gasteiger partial charge < -0.3 is 9.84 Å². The van der Waals surface area contributed by atoms with E-state index < -0.39 is 53.4 Å². The molecule has 1 fully saturated rings. The number of aromatic amines is 1. The minimum Gasteiger partial charge on any atom is -0.394 e. The molecule has 0 radical (unpaired) electrons. The first-order chi connectivity index (χ1) is 9.60. The molecule has 1 aliphatic rings. The molecule has 118 valence electrons. The van der Waals surface area contributed by atoms with Crippen LogP contribution in [0.3, 0.4) is 0 Å². The number of hydrogen-bond acceptors (Lipinski definition) is 4. The molecule has 0 spiro atoms. The van der Waals surface area contributed by atoms with Crippen LogP contribution in [-0.2, 0) is 4.74 Å². The second kappa shape index (κ2) is 5.14. The van der Waals surface area contributed by atoms with Gasteiger partial charge in [-0.2, -0.15) is 13.2 Å². The molecule has 2 heterocycles. The third kappa shape index (κ3) is 2.60. The Morgan fingerprint density at radius 1 is 1.57 bits per heavy atom. The molecule has 0 aliphatic carbocycles. The molecule has 1 unspecified atom stereocenters. The molecular formula is C10H9F5N2O3S. The number of aromatic nitrogens is 2. The molecule has 2 N–H and O–H groups in total. The number of H-pyrrole nitrogens is 1. The van der Waals surface area contributed by atoms with Crippen LogP contribution in [0.2, 0.25) is 0 Å². The van der Waals surface area contributed by atoms with Crippen LogP contribution >= 0.6 is 12.2 Å². The summed E-state index contributed by atoms with van der Waals surface area (Å²) in [6, 6.07) is 0. The highest BCUT2D eigenvalue weighted by atomic mass is 32.1. The van der Waals surface area contributed by atoms with E-state index in [0.717, 1.165) is 0 Å². The predicted octanol–water partition coefficient (Wildman–Crippen LogP) is 1.60. The van der Waals surface area contributed by atoms with Gasteiger partial charge in [0.1, 0.15) is 4.64 Å². The highest BCUT2D eigenvalue weighted by Gasteiger charge is 2.67. The van der Waals surface area contributed by atoms with Crippen LogP contribution in [0.5, 0.6) is 0 Å². The molecule has 0 saturated carbocycles. The number of nitrogens with one attached hydrogen (secondary N) is 1. The Balaban J connectivity index is 2.58. The fraction of sp³-hybridized carbons (Fsp3) is 0.600. The zero-order chi connectivity index (χ0) is 16.0. The standard InChI is InChI=1S/C10H9F5N2O3S/c11-5-2-17(8(19)16-6(5)21)7-9(12,10(13,14)15)1-4(3-18)20-7/h2,4,7,18H,1,3H2,(H,16,19,21)/t4-,7+,9?/m0/s1. The lowest BCUT2D eigenvalue weighted by molar-refractivity contribution is -0.257.